The van der Waals surface area contributed by atoms with E-state index in [0.717, 1.165) is 24.3 Å². The lowest BCUT2D eigenvalue weighted by atomic mass is 9.85. The van der Waals surface area contributed by atoms with Crippen LogP contribution in [0.3, 0.4) is 0 Å². The van der Waals surface area contributed by atoms with Gasteiger partial charge in [-0.1, -0.05) is 6.07 Å². The van der Waals surface area contributed by atoms with Crippen LogP contribution in [-0.2, 0) is 9.59 Å². The summed E-state index contributed by atoms with van der Waals surface area (Å²) >= 11 is 0. The maximum absolute atomic E-state index is 13.6. The Morgan fingerprint density at radius 3 is 2.43 bits per heavy atom. The van der Waals surface area contributed by atoms with Crippen LogP contribution in [-0.4, -0.2) is 11.7 Å². The number of nitrogens with zero attached hydrogens (tertiary/aromatic N) is 1. The topological polar surface area (TPSA) is 46.5 Å². The van der Waals surface area contributed by atoms with Crippen molar-refractivity contribution in [3.05, 3.63) is 70.0 Å². The molecule has 1 amide bonds. The summed E-state index contributed by atoms with van der Waals surface area (Å²) in [5.41, 5.74) is 0.269. The third-order valence-corrected chi connectivity index (χ3v) is 3.65. The van der Waals surface area contributed by atoms with Gasteiger partial charge in [-0.2, -0.15) is 0 Å². The molecule has 3 nitrogen and oxygen atoms in total. The molecule has 0 aliphatic carbocycles. The van der Waals surface area contributed by atoms with Crippen molar-refractivity contribution in [1.82, 2.24) is 0 Å². The molecule has 0 saturated heterocycles. The second-order valence-electron chi connectivity index (χ2n) is 5.20. The Hall–Kier alpha value is -2.76. The molecule has 0 bridgehead atoms. The van der Waals surface area contributed by atoms with E-state index in [1.807, 2.05) is 0 Å². The highest BCUT2D eigenvalue weighted by Crippen LogP contribution is 2.25. The summed E-state index contributed by atoms with van der Waals surface area (Å²) in [6, 6.07) is 6.58. The summed E-state index contributed by atoms with van der Waals surface area (Å²) in [5, 5.41) is 0.407. The van der Waals surface area contributed by atoms with Gasteiger partial charge in [0, 0.05) is 5.22 Å². The van der Waals surface area contributed by atoms with Crippen LogP contribution >= 0.6 is 0 Å². The minimum atomic E-state index is -1.27. The molecule has 2 aromatic carbocycles. The number of rotatable bonds is 2. The summed E-state index contributed by atoms with van der Waals surface area (Å²) < 4.78 is 40.3. The fraction of sp³-hybridized carbons (Fsp3) is 0.118. The number of carbonyl (C=O) groups excluding carboxylic acids is 2. The molecule has 2 aromatic rings. The Morgan fingerprint density at radius 2 is 1.78 bits per heavy atom. The van der Waals surface area contributed by atoms with E-state index in [1.165, 1.54) is 19.1 Å². The van der Waals surface area contributed by atoms with E-state index >= 15 is 0 Å². The second-order valence-corrected chi connectivity index (χ2v) is 5.20. The van der Waals surface area contributed by atoms with Crippen LogP contribution in [0, 0.1) is 23.4 Å². The average molecular weight is 317 g/mol. The summed E-state index contributed by atoms with van der Waals surface area (Å²) in [6.45, 7) is 1.20. The van der Waals surface area contributed by atoms with Crippen molar-refractivity contribution >= 4 is 17.3 Å². The van der Waals surface area contributed by atoms with E-state index in [-0.39, 0.29) is 21.7 Å². The molecule has 0 aromatic heterocycles. The molecule has 0 fully saturated rings. The zero-order valence-electron chi connectivity index (χ0n) is 11.9. The summed E-state index contributed by atoms with van der Waals surface area (Å²) in [4.78, 5) is 27.8. The fourth-order valence-corrected chi connectivity index (χ4v) is 2.65. The van der Waals surface area contributed by atoms with Gasteiger partial charge in [-0.05, 0) is 48.4 Å². The second kappa shape index (κ2) is 5.46. The molecule has 1 heterocycles. The number of benzene rings is 2. The van der Waals surface area contributed by atoms with Gasteiger partial charge in [0.05, 0.1) is 5.36 Å². The van der Waals surface area contributed by atoms with E-state index in [9.17, 15) is 22.8 Å². The highest BCUT2D eigenvalue weighted by Gasteiger charge is 2.32. The monoisotopic (exact) mass is 317 g/mol. The third-order valence-electron chi connectivity index (χ3n) is 3.65. The SMILES string of the molecule is CC(=O)[C@@H]1C(=O)N=c2ccc(F)cc2=C1c1ccc(F)c(F)c1. The predicted molar refractivity (Wildman–Crippen MR) is 75.2 cm³/mol. The molecule has 1 aliphatic rings. The Morgan fingerprint density at radius 1 is 1.04 bits per heavy atom. The number of ketones is 1. The van der Waals surface area contributed by atoms with Crippen LogP contribution in [0.4, 0.5) is 13.2 Å². The Bertz CT molecular complexity index is 966. The van der Waals surface area contributed by atoms with Gasteiger partial charge in [0.15, 0.2) is 11.6 Å². The van der Waals surface area contributed by atoms with Gasteiger partial charge in [0.1, 0.15) is 17.5 Å². The van der Waals surface area contributed by atoms with Gasteiger partial charge in [0.25, 0.3) is 5.91 Å². The number of hydrogen-bond acceptors (Lipinski definition) is 2. The van der Waals surface area contributed by atoms with Gasteiger partial charge < -0.3 is 0 Å². The minimum Gasteiger partial charge on any atom is -0.299 e. The van der Waals surface area contributed by atoms with Gasteiger partial charge in [-0.3, -0.25) is 9.59 Å². The lowest BCUT2D eigenvalue weighted by molar-refractivity contribution is -0.128. The quantitative estimate of drug-likeness (QED) is 0.791. The van der Waals surface area contributed by atoms with Crippen molar-refractivity contribution in [2.75, 3.05) is 0 Å². The Labute approximate surface area is 128 Å². The Balaban J connectivity index is 2.44. The molecule has 6 heteroatoms. The number of halogens is 3. The van der Waals surface area contributed by atoms with Crippen molar-refractivity contribution in [2.45, 2.75) is 6.92 Å². The van der Waals surface area contributed by atoms with E-state index in [4.69, 9.17) is 0 Å². The lowest BCUT2D eigenvalue weighted by Crippen LogP contribution is -2.40. The molecule has 23 heavy (non-hydrogen) atoms. The molecule has 1 aliphatic heterocycles. The van der Waals surface area contributed by atoms with Crippen molar-refractivity contribution in [3.63, 3.8) is 0 Å². The summed E-state index contributed by atoms with van der Waals surface area (Å²) in [7, 11) is 0. The first kappa shape index (κ1) is 15.1. The molecule has 116 valence electrons. The first-order valence-electron chi connectivity index (χ1n) is 6.76. The largest absolute Gasteiger partial charge is 0.299 e. The molecular formula is C17H10F3NO2. The number of carbonyl (C=O) groups is 2. The van der Waals surface area contributed by atoms with Crippen molar-refractivity contribution in [1.29, 1.82) is 0 Å². The zero-order chi connectivity index (χ0) is 16.7. The van der Waals surface area contributed by atoms with Crippen molar-refractivity contribution in [2.24, 2.45) is 10.9 Å². The third kappa shape index (κ3) is 2.56. The maximum Gasteiger partial charge on any atom is 0.261 e. The minimum absolute atomic E-state index is 0.130. The molecule has 0 saturated carbocycles. The van der Waals surface area contributed by atoms with Crippen LogP contribution in [0.15, 0.2) is 41.4 Å². The smallest absolute Gasteiger partial charge is 0.261 e. The van der Waals surface area contributed by atoms with Crippen molar-refractivity contribution in [3.8, 4) is 0 Å². The molecule has 1 atom stereocenters. The van der Waals surface area contributed by atoms with Crippen LogP contribution < -0.4 is 10.6 Å². The molecule has 0 radical (unpaired) electrons. The van der Waals surface area contributed by atoms with E-state index in [0.29, 0.717) is 0 Å². The highest BCUT2D eigenvalue weighted by molar-refractivity contribution is 6.11. The molecular weight excluding hydrogens is 307 g/mol. The normalized spacial score (nSPS) is 16.8. The Kier molecular flexibility index (Phi) is 3.60. The van der Waals surface area contributed by atoms with E-state index in [1.54, 1.807) is 0 Å². The first-order valence-corrected chi connectivity index (χ1v) is 6.76. The van der Waals surface area contributed by atoms with Crippen LogP contribution in [0.2, 0.25) is 0 Å². The van der Waals surface area contributed by atoms with Gasteiger partial charge in [-0.15, -0.1) is 0 Å². The average Bonchev–Trinajstić information content (AvgIpc) is 2.49. The lowest BCUT2D eigenvalue weighted by Gasteiger charge is -2.19. The van der Waals surface area contributed by atoms with Crippen LogP contribution in [0.5, 0.6) is 0 Å². The number of fused-ring (bicyclic) bond motifs is 1. The standard InChI is InChI=1S/C17H10F3NO2/c1-8(22)15-16(9-2-4-12(19)13(20)6-9)11-7-10(18)3-5-14(11)21-17(15)23/h2-7,15H,1H3/t15-/m0/s1. The molecule has 0 spiro atoms. The molecule has 3 rings (SSSR count). The molecule has 0 N–H and O–H groups in total. The van der Waals surface area contributed by atoms with E-state index in [2.05, 4.69) is 4.99 Å². The van der Waals surface area contributed by atoms with Gasteiger partial charge >= 0.3 is 0 Å². The van der Waals surface area contributed by atoms with Crippen molar-refractivity contribution < 1.29 is 22.8 Å². The fourth-order valence-electron chi connectivity index (χ4n) is 2.65. The predicted octanol–water partition coefficient (Wildman–Crippen LogP) is 1.67. The summed E-state index contributed by atoms with van der Waals surface area (Å²) in [6.07, 6.45) is 0. The molecule has 0 unspecified atom stereocenters. The highest BCUT2D eigenvalue weighted by atomic mass is 19.2. The van der Waals surface area contributed by atoms with Gasteiger partial charge in [0.2, 0.25) is 0 Å². The zero-order valence-corrected chi connectivity index (χ0v) is 11.9. The number of Topliss-reactive ketones (excluding diaryl/α,β-unsaturated/α-hetero) is 1. The number of hydrogen-bond donors (Lipinski definition) is 0. The maximum atomic E-state index is 13.6. The van der Waals surface area contributed by atoms with E-state index < -0.39 is 35.1 Å². The number of amides is 1. The summed E-state index contributed by atoms with van der Waals surface area (Å²) in [5.74, 6) is -5.25. The first-order chi connectivity index (χ1) is 10.9. The van der Waals surface area contributed by atoms with Gasteiger partial charge in [-0.25, -0.2) is 18.2 Å². The van der Waals surface area contributed by atoms with Crippen LogP contribution in [0.1, 0.15) is 12.5 Å². The van der Waals surface area contributed by atoms with Crippen LogP contribution in [0.25, 0.3) is 5.57 Å².